The van der Waals surface area contributed by atoms with Gasteiger partial charge in [0.2, 0.25) is 0 Å². The third-order valence-electron chi connectivity index (χ3n) is 3.84. The first-order valence-corrected chi connectivity index (χ1v) is 6.93. The van der Waals surface area contributed by atoms with E-state index in [0.29, 0.717) is 12.3 Å². The fourth-order valence-corrected chi connectivity index (χ4v) is 2.81. The minimum absolute atomic E-state index is 0.0195. The van der Waals surface area contributed by atoms with Crippen molar-refractivity contribution in [3.8, 4) is 16.9 Å². The zero-order valence-electron chi connectivity index (χ0n) is 11.8. The van der Waals surface area contributed by atoms with Crippen LogP contribution in [0.15, 0.2) is 36.4 Å². The standard InChI is InChI=1S/C17H17NO3/c1-21-16-6-5-11(9-12(16)10-19)13-3-2-4-15-14(13)7-8-18-17(15)20/h2-6,9,19H,7-8,10H2,1H3,(H,18,20). The Kier molecular flexibility index (Phi) is 3.62. The van der Waals surface area contributed by atoms with E-state index < -0.39 is 0 Å². The topological polar surface area (TPSA) is 58.6 Å². The first-order valence-electron chi connectivity index (χ1n) is 6.93. The van der Waals surface area contributed by atoms with Crippen LogP contribution in [0, 0.1) is 0 Å². The van der Waals surface area contributed by atoms with Crippen molar-refractivity contribution >= 4 is 5.91 Å². The van der Waals surface area contributed by atoms with E-state index in [1.165, 1.54) is 0 Å². The van der Waals surface area contributed by atoms with Gasteiger partial charge in [-0.2, -0.15) is 0 Å². The fraction of sp³-hybridized carbons (Fsp3) is 0.235. The van der Waals surface area contributed by atoms with E-state index in [-0.39, 0.29) is 12.5 Å². The van der Waals surface area contributed by atoms with Crippen LogP contribution in [0.4, 0.5) is 0 Å². The Balaban J connectivity index is 2.13. The van der Waals surface area contributed by atoms with Gasteiger partial charge in [-0.05, 0) is 41.3 Å². The molecule has 0 aromatic heterocycles. The molecule has 0 radical (unpaired) electrons. The number of hydrogen-bond acceptors (Lipinski definition) is 3. The van der Waals surface area contributed by atoms with E-state index in [1.807, 2.05) is 36.4 Å². The van der Waals surface area contributed by atoms with E-state index in [9.17, 15) is 9.90 Å². The summed E-state index contributed by atoms with van der Waals surface area (Å²) in [4.78, 5) is 11.9. The normalized spacial score (nSPS) is 13.5. The molecule has 0 saturated carbocycles. The summed E-state index contributed by atoms with van der Waals surface area (Å²) in [5.41, 5.74) is 4.58. The number of benzene rings is 2. The van der Waals surface area contributed by atoms with Crippen LogP contribution >= 0.6 is 0 Å². The molecule has 0 saturated heterocycles. The van der Waals surface area contributed by atoms with Crippen molar-refractivity contribution in [2.75, 3.05) is 13.7 Å². The predicted molar refractivity (Wildman–Crippen MR) is 80.4 cm³/mol. The summed E-state index contributed by atoms with van der Waals surface area (Å²) in [6, 6.07) is 11.5. The van der Waals surface area contributed by atoms with Gasteiger partial charge in [0, 0.05) is 17.7 Å². The van der Waals surface area contributed by atoms with E-state index in [0.717, 1.165) is 34.2 Å². The Morgan fingerprint density at radius 1 is 1.24 bits per heavy atom. The highest BCUT2D eigenvalue weighted by Crippen LogP contribution is 2.31. The predicted octanol–water partition coefficient (Wildman–Crippen LogP) is 2.14. The van der Waals surface area contributed by atoms with Crippen molar-refractivity contribution < 1.29 is 14.6 Å². The average molecular weight is 283 g/mol. The summed E-state index contributed by atoms with van der Waals surface area (Å²) in [6.07, 6.45) is 0.817. The molecule has 21 heavy (non-hydrogen) atoms. The molecule has 1 heterocycles. The van der Waals surface area contributed by atoms with Gasteiger partial charge < -0.3 is 15.2 Å². The number of carbonyl (C=O) groups is 1. The van der Waals surface area contributed by atoms with Crippen molar-refractivity contribution in [2.45, 2.75) is 13.0 Å². The van der Waals surface area contributed by atoms with Crippen molar-refractivity contribution in [1.82, 2.24) is 5.32 Å². The lowest BCUT2D eigenvalue weighted by atomic mass is 9.90. The van der Waals surface area contributed by atoms with E-state index in [4.69, 9.17) is 4.74 Å². The summed E-state index contributed by atoms with van der Waals surface area (Å²) >= 11 is 0. The summed E-state index contributed by atoms with van der Waals surface area (Å²) in [5.74, 6) is 0.651. The molecule has 4 nitrogen and oxygen atoms in total. The number of amides is 1. The van der Waals surface area contributed by atoms with Crippen LogP contribution in [0.5, 0.6) is 5.75 Å². The van der Waals surface area contributed by atoms with Crippen LogP contribution in [0.25, 0.3) is 11.1 Å². The zero-order valence-corrected chi connectivity index (χ0v) is 11.8. The minimum Gasteiger partial charge on any atom is -0.496 e. The molecule has 1 aliphatic heterocycles. The molecule has 108 valence electrons. The van der Waals surface area contributed by atoms with Gasteiger partial charge in [0.15, 0.2) is 0 Å². The maximum atomic E-state index is 11.9. The van der Waals surface area contributed by atoms with Crippen molar-refractivity contribution in [3.05, 3.63) is 53.1 Å². The zero-order chi connectivity index (χ0) is 14.8. The maximum absolute atomic E-state index is 11.9. The molecule has 0 aliphatic carbocycles. The van der Waals surface area contributed by atoms with Crippen LogP contribution in [0.1, 0.15) is 21.5 Å². The monoisotopic (exact) mass is 283 g/mol. The highest BCUT2D eigenvalue weighted by atomic mass is 16.5. The second-order valence-electron chi connectivity index (χ2n) is 5.02. The Morgan fingerprint density at radius 3 is 2.81 bits per heavy atom. The summed E-state index contributed by atoms with van der Waals surface area (Å²) in [5, 5.41) is 12.3. The lowest BCUT2D eigenvalue weighted by molar-refractivity contribution is 0.0946. The number of methoxy groups -OCH3 is 1. The first-order chi connectivity index (χ1) is 10.2. The SMILES string of the molecule is COc1ccc(-c2cccc3c2CCNC3=O)cc1CO. The van der Waals surface area contributed by atoms with Gasteiger partial charge in [-0.3, -0.25) is 4.79 Å². The fourth-order valence-electron chi connectivity index (χ4n) is 2.81. The lowest BCUT2D eigenvalue weighted by Gasteiger charge is -2.20. The minimum atomic E-state index is -0.0769. The van der Waals surface area contributed by atoms with Crippen molar-refractivity contribution in [2.24, 2.45) is 0 Å². The molecule has 0 atom stereocenters. The Bertz CT molecular complexity index is 694. The Labute approximate surface area is 123 Å². The smallest absolute Gasteiger partial charge is 0.251 e. The molecule has 0 unspecified atom stereocenters. The van der Waals surface area contributed by atoms with Crippen LogP contribution < -0.4 is 10.1 Å². The second-order valence-corrected chi connectivity index (χ2v) is 5.02. The molecule has 3 rings (SSSR count). The average Bonchev–Trinajstić information content (AvgIpc) is 2.54. The van der Waals surface area contributed by atoms with Gasteiger partial charge in [-0.1, -0.05) is 18.2 Å². The van der Waals surface area contributed by atoms with E-state index >= 15 is 0 Å². The molecule has 2 aromatic rings. The van der Waals surface area contributed by atoms with Gasteiger partial charge in [0.05, 0.1) is 13.7 Å². The molecule has 2 N–H and O–H groups in total. The van der Waals surface area contributed by atoms with Gasteiger partial charge >= 0.3 is 0 Å². The van der Waals surface area contributed by atoms with E-state index in [1.54, 1.807) is 7.11 Å². The molecular weight excluding hydrogens is 266 g/mol. The molecular formula is C17H17NO3. The number of nitrogens with one attached hydrogen (secondary N) is 1. The molecule has 1 amide bonds. The van der Waals surface area contributed by atoms with Crippen LogP contribution in [-0.2, 0) is 13.0 Å². The van der Waals surface area contributed by atoms with Gasteiger partial charge in [0.25, 0.3) is 5.91 Å². The van der Waals surface area contributed by atoms with E-state index in [2.05, 4.69) is 5.32 Å². The number of carbonyl (C=O) groups excluding carboxylic acids is 1. The van der Waals surface area contributed by atoms with Gasteiger partial charge in [0.1, 0.15) is 5.75 Å². The molecule has 0 spiro atoms. The Hall–Kier alpha value is -2.33. The molecule has 0 fully saturated rings. The highest BCUT2D eigenvalue weighted by molar-refractivity contribution is 5.98. The van der Waals surface area contributed by atoms with Crippen molar-refractivity contribution in [1.29, 1.82) is 0 Å². The Morgan fingerprint density at radius 2 is 2.05 bits per heavy atom. The summed E-state index contributed by atoms with van der Waals surface area (Å²) in [7, 11) is 1.59. The third kappa shape index (κ3) is 2.38. The molecule has 4 heteroatoms. The number of rotatable bonds is 3. The van der Waals surface area contributed by atoms with Gasteiger partial charge in [-0.15, -0.1) is 0 Å². The maximum Gasteiger partial charge on any atom is 0.251 e. The number of ether oxygens (including phenoxy) is 1. The molecule has 1 aliphatic rings. The summed E-state index contributed by atoms with van der Waals surface area (Å²) < 4.78 is 5.23. The number of aliphatic hydroxyl groups excluding tert-OH is 1. The second kappa shape index (κ2) is 5.58. The third-order valence-corrected chi connectivity index (χ3v) is 3.84. The van der Waals surface area contributed by atoms with Crippen LogP contribution in [0.3, 0.4) is 0 Å². The number of aliphatic hydroxyl groups is 1. The largest absolute Gasteiger partial charge is 0.496 e. The van der Waals surface area contributed by atoms with Crippen molar-refractivity contribution in [3.63, 3.8) is 0 Å². The first kappa shape index (κ1) is 13.6. The highest BCUT2D eigenvalue weighted by Gasteiger charge is 2.20. The lowest BCUT2D eigenvalue weighted by Crippen LogP contribution is -2.32. The quantitative estimate of drug-likeness (QED) is 0.907. The number of fused-ring (bicyclic) bond motifs is 1. The summed E-state index contributed by atoms with van der Waals surface area (Å²) in [6.45, 7) is 0.582. The molecule has 2 aromatic carbocycles. The van der Waals surface area contributed by atoms with Gasteiger partial charge in [-0.25, -0.2) is 0 Å². The van der Waals surface area contributed by atoms with Crippen LogP contribution in [0.2, 0.25) is 0 Å². The van der Waals surface area contributed by atoms with Crippen LogP contribution in [-0.4, -0.2) is 24.7 Å². The number of hydrogen-bond donors (Lipinski definition) is 2. The molecule has 0 bridgehead atoms.